The topological polar surface area (TPSA) is 62.8 Å². The molecular weight excluding hydrogens is 318 g/mol. The molecule has 4 rings (SSSR count). The van der Waals surface area contributed by atoms with Gasteiger partial charge in [-0.1, -0.05) is 18.2 Å². The zero-order chi connectivity index (χ0) is 17.1. The molecule has 2 fully saturated rings. The summed E-state index contributed by atoms with van der Waals surface area (Å²) in [6.45, 7) is 4.13. The van der Waals surface area contributed by atoms with Crippen LogP contribution in [-0.2, 0) is 4.74 Å². The highest BCUT2D eigenvalue weighted by Crippen LogP contribution is 2.31. The number of benzene rings is 1. The van der Waals surface area contributed by atoms with Crippen molar-refractivity contribution in [3.63, 3.8) is 0 Å². The van der Waals surface area contributed by atoms with Gasteiger partial charge in [0.05, 0.1) is 25.4 Å². The standard InChI is InChI=1S/C19H27N3O3/c23-19(20-11-15-12-22-9-3-5-14(22)13-25-15)21-17-7-4-10-24-18-8-2-1-6-16(17)18/h1-2,6,8,14-15,17H,3-5,7,9-13H2,(H2,20,21,23)/t14-,15-,17-/m1/s1. The molecular formula is C19H27N3O3. The van der Waals surface area contributed by atoms with E-state index < -0.39 is 0 Å². The number of nitrogens with zero attached hydrogens (tertiary/aromatic N) is 1. The molecule has 3 aliphatic heterocycles. The third-order valence-electron chi connectivity index (χ3n) is 5.45. The first-order valence-electron chi connectivity index (χ1n) is 9.41. The van der Waals surface area contributed by atoms with Crippen molar-refractivity contribution >= 4 is 6.03 Å². The van der Waals surface area contributed by atoms with Crippen LogP contribution in [0.5, 0.6) is 5.75 Å². The minimum atomic E-state index is -0.131. The molecule has 0 unspecified atom stereocenters. The molecule has 0 aliphatic carbocycles. The number of nitrogens with one attached hydrogen (secondary N) is 2. The average molecular weight is 345 g/mol. The van der Waals surface area contributed by atoms with Crippen LogP contribution in [0.2, 0.25) is 0 Å². The van der Waals surface area contributed by atoms with Gasteiger partial charge in [0.15, 0.2) is 0 Å². The first kappa shape index (κ1) is 16.7. The third-order valence-corrected chi connectivity index (χ3v) is 5.45. The second kappa shape index (κ2) is 7.62. The van der Waals surface area contributed by atoms with Crippen LogP contribution >= 0.6 is 0 Å². The van der Waals surface area contributed by atoms with Crippen LogP contribution in [0, 0.1) is 0 Å². The summed E-state index contributed by atoms with van der Waals surface area (Å²) < 4.78 is 11.7. The number of hydrogen-bond donors (Lipinski definition) is 2. The van der Waals surface area contributed by atoms with Crippen molar-refractivity contribution in [1.82, 2.24) is 15.5 Å². The SMILES string of the molecule is O=C(NC[C@@H]1CN2CCC[C@@H]2CO1)N[C@@H]1CCCOc2ccccc21. The Labute approximate surface area is 148 Å². The van der Waals surface area contributed by atoms with Gasteiger partial charge in [-0.05, 0) is 38.3 Å². The van der Waals surface area contributed by atoms with Gasteiger partial charge in [0.1, 0.15) is 5.75 Å². The van der Waals surface area contributed by atoms with E-state index in [0.29, 0.717) is 19.2 Å². The molecule has 6 heteroatoms. The van der Waals surface area contributed by atoms with Gasteiger partial charge < -0.3 is 20.1 Å². The molecule has 1 aromatic rings. The number of para-hydroxylation sites is 1. The van der Waals surface area contributed by atoms with Crippen molar-refractivity contribution in [2.75, 3.05) is 32.8 Å². The van der Waals surface area contributed by atoms with Gasteiger partial charge in [-0.25, -0.2) is 4.79 Å². The Morgan fingerprint density at radius 3 is 3.12 bits per heavy atom. The maximum Gasteiger partial charge on any atom is 0.315 e. The molecule has 2 saturated heterocycles. The molecule has 2 N–H and O–H groups in total. The molecule has 0 aromatic heterocycles. The van der Waals surface area contributed by atoms with E-state index in [2.05, 4.69) is 15.5 Å². The molecule has 0 bridgehead atoms. The van der Waals surface area contributed by atoms with E-state index in [-0.39, 0.29) is 18.2 Å². The van der Waals surface area contributed by atoms with Gasteiger partial charge in [-0.3, -0.25) is 4.90 Å². The van der Waals surface area contributed by atoms with Crippen LogP contribution in [0.4, 0.5) is 4.79 Å². The molecule has 3 atom stereocenters. The maximum absolute atomic E-state index is 12.4. The molecule has 0 radical (unpaired) electrons. The first-order valence-corrected chi connectivity index (χ1v) is 9.41. The maximum atomic E-state index is 12.4. The molecule has 0 spiro atoms. The monoisotopic (exact) mass is 345 g/mol. The predicted octanol–water partition coefficient (Wildman–Crippen LogP) is 2.06. The van der Waals surface area contributed by atoms with Gasteiger partial charge >= 0.3 is 6.03 Å². The molecule has 3 heterocycles. The largest absolute Gasteiger partial charge is 0.493 e. The van der Waals surface area contributed by atoms with Crippen LogP contribution in [0.3, 0.4) is 0 Å². The molecule has 0 saturated carbocycles. The quantitative estimate of drug-likeness (QED) is 0.880. The Morgan fingerprint density at radius 1 is 1.24 bits per heavy atom. The minimum absolute atomic E-state index is 0.00561. The lowest BCUT2D eigenvalue weighted by Gasteiger charge is -2.35. The fraction of sp³-hybridized carbons (Fsp3) is 0.632. The third kappa shape index (κ3) is 3.90. The van der Waals surface area contributed by atoms with Crippen molar-refractivity contribution in [3.8, 4) is 5.75 Å². The van der Waals surface area contributed by atoms with E-state index in [4.69, 9.17) is 9.47 Å². The second-order valence-electron chi connectivity index (χ2n) is 7.18. The van der Waals surface area contributed by atoms with Crippen molar-refractivity contribution in [2.45, 2.75) is 43.9 Å². The molecule has 25 heavy (non-hydrogen) atoms. The van der Waals surface area contributed by atoms with Crippen LogP contribution < -0.4 is 15.4 Å². The smallest absolute Gasteiger partial charge is 0.315 e. The van der Waals surface area contributed by atoms with E-state index in [1.54, 1.807) is 0 Å². The number of amides is 2. The highest BCUT2D eigenvalue weighted by Gasteiger charge is 2.32. The highest BCUT2D eigenvalue weighted by molar-refractivity contribution is 5.74. The lowest BCUT2D eigenvalue weighted by Crippen LogP contribution is -2.51. The molecule has 136 valence electrons. The van der Waals surface area contributed by atoms with E-state index in [0.717, 1.165) is 43.9 Å². The lowest BCUT2D eigenvalue weighted by atomic mass is 10.0. The molecule has 2 amide bonds. The summed E-state index contributed by atoms with van der Waals surface area (Å²) in [6.07, 6.45) is 4.41. The van der Waals surface area contributed by atoms with Gasteiger partial charge in [0, 0.05) is 24.7 Å². The Bertz CT molecular complexity index is 609. The summed E-state index contributed by atoms with van der Waals surface area (Å²) in [5.74, 6) is 0.876. The summed E-state index contributed by atoms with van der Waals surface area (Å²) in [6, 6.07) is 8.41. The fourth-order valence-electron chi connectivity index (χ4n) is 4.10. The van der Waals surface area contributed by atoms with Crippen molar-refractivity contribution in [3.05, 3.63) is 29.8 Å². The molecule has 6 nitrogen and oxygen atoms in total. The minimum Gasteiger partial charge on any atom is -0.493 e. The van der Waals surface area contributed by atoms with E-state index in [1.807, 2.05) is 24.3 Å². The summed E-state index contributed by atoms with van der Waals surface area (Å²) >= 11 is 0. The van der Waals surface area contributed by atoms with E-state index in [1.165, 1.54) is 12.8 Å². The normalized spacial score (nSPS) is 29.0. The Morgan fingerprint density at radius 2 is 2.16 bits per heavy atom. The predicted molar refractivity (Wildman–Crippen MR) is 94.8 cm³/mol. The zero-order valence-corrected chi connectivity index (χ0v) is 14.6. The van der Waals surface area contributed by atoms with Crippen molar-refractivity contribution < 1.29 is 14.3 Å². The summed E-state index contributed by atoms with van der Waals surface area (Å²) in [7, 11) is 0. The first-order chi connectivity index (χ1) is 12.3. The van der Waals surface area contributed by atoms with Gasteiger partial charge in [0.25, 0.3) is 0 Å². The fourth-order valence-corrected chi connectivity index (χ4v) is 4.10. The summed E-state index contributed by atoms with van der Waals surface area (Å²) in [5.41, 5.74) is 1.06. The Kier molecular flexibility index (Phi) is 5.08. The van der Waals surface area contributed by atoms with Gasteiger partial charge in [-0.15, -0.1) is 0 Å². The Balaban J connectivity index is 1.29. The number of carbonyl (C=O) groups is 1. The second-order valence-corrected chi connectivity index (χ2v) is 7.18. The number of carbonyl (C=O) groups excluding carboxylic acids is 1. The molecule has 1 aromatic carbocycles. The number of hydrogen-bond acceptors (Lipinski definition) is 4. The van der Waals surface area contributed by atoms with Crippen molar-refractivity contribution in [2.24, 2.45) is 0 Å². The van der Waals surface area contributed by atoms with E-state index in [9.17, 15) is 4.79 Å². The number of fused-ring (bicyclic) bond motifs is 2. The summed E-state index contributed by atoms with van der Waals surface area (Å²) in [4.78, 5) is 14.9. The van der Waals surface area contributed by atoms with Crippen LogP contribution in [0.1, 0.15) is 37.3 Å². The van der Waals surface area contributed by atoms with Crippen LogP contribution in [0.15, 0.2) is 24.3 Å². The van der Waals surface area contributed by atoms with E-state index >= 15 is 0 Å². The van der Waals surface area contributed by atoms with Crippen molar-refractivity contribution in [1.29, 1.82) is 0 Å². The van der Waals surface area contributed by atoms with Gasteiger partial charge in [-0.2, -0.15) is 0 Å². The van der Waals surface area contributed by atoms with Crippen LogP contribution in [0.25, 0.3) is 0 Å². The Hall–Kier alpha value is -1.79. The van der Waals surface area contributed by atoms with Crippen LogP contribution in [-0.4, -0.2) is 55.9 Å². The zero-order valence-electron chi connectivity index (χ0n) is 14.6. The number of urea groups is 1. The highest BCUT2D eigenvalue weighted by atomic mass is 16.5. The lowest BCUT2D eigenvalue weighted by molar-refractivity contribution is -0.0458. The number of morpholine rings is 1. The molecule has 3 aliphatic rings. The van der Waals surface area contributed by atoms with Gasteiger partial charge in [0.2, 0.25) is 0 Å². The summed E-state index contributed by atoms with van der Waals surface area (Å²) in [5, 5.41) is 6.09. The number of rotatable bonds is 3. The number of ether oxygens (including phenoxy) is 2. The average Bonchev–Trinajstić information content (AvgIpc) is 3.01.